The zero-order valence-electron chi connectivity index (χ0n) is 12.7. The molecule has 1 fully saturated rings. The van der Waals surface area contributed by atoms with Crippen LogP contribution in [0.3, 0.4) is 0 Å². The Kier molecular flexibility index (Phi) is 4.37. The second kappa shape index (κ2) is 6.42. The number of hydrogen-bond donors (Lipinski definition) is 0. The van der Waals surface area contributed by atoms with E-state index in [1.165, 1.54) is 11.1 Å². The van der Waals surface area contributed by atoms with Gasteiger partial charge in [-0.1, -0.05) is 60.7 Å². The van der Waals surface area contributed by atoms with Gasteiger partial charge in [-0.2, -0.15) is 0 Å². The van der Waals surface area contributed by atoms with E-state index in [4.69, 9.17) is 4.74 Å². The van der Waals surface area contributed by atoms with Crippen molar-refractivity contribution in [3.8, 4) is 0 Å². The Morgan fingerprint density at radius 1 is 0.905 bits per heavy atom. The molecule has 1 atom stereocenters. The maximum Gasteiger partial charge on any atom is 0.119 e. The first-order valence-electron chi connectivity index (χ1n) is 7.73. The molecule has 110 valence electrons. The lowest BCUT2D eigenvalue weighted by Crippen LogP contribution is -2.44. The summed E-state index contributed by atoms with van der Waals surface area (Å²) in [4.78, 5) is 2.46. The summed E-state index contributed by atoms with van der Waals surface area (Å²) in [5.41, 5.74) is 2.53. The third kappa shape index (κ3) is 3.52. The third-order valence-corrected chi connectivity index (χ3v) is 4.30. The van der Waals surface area contributed by atoms with Crippen LogP contribution in [0.1, 0.15) is 30.9 Å². The predicted molar refractivity (Wildman–Crippen MR) is 85.7 cm³/mol. The number of hydrogen-bond acceptors (Lipinski definition) is 2. The molecular formula is C19H23NO. The first-order chi connectivity index (χ1) is 10.3. The van der Waals surface area contributed by atoms with E-state index < -0.39 is 0 Å². The van der Waals surface area contributed by atoms with Crippen LogP contribution in [0.25, 0.3) is 0 Å². The van der Waals surface area contributed by atoms with Gasteiger partial charge in [0.15, 0.2) is 0 Å². The van der Waals surface area contributed by atoms with Gasteiger partial charge >= 0.3 is 0 Å². The second-order valence-corrected chi connectivity index (χ2v) is 5.95. The highest BCUT2D eigenvalue weighted by molar-refractivity contribution is 5.17. The van der Waals surface area contributed by atoms with Crippen molar-refractivity contribution in [3.63, 3.8) is 0 Å². The van der Waals surface area contributed by atoms with Crippen molar-refractivity contribution in [1.82, 2.24) is 4.90 Å². The Labute approximate surface area is 127 Å². The summed E-state index contributed by atoms with van der Waals surface area (Å²) in [5.74, 6) is 0. The molecule has 0 saturated carbocycles. The molecule has 2 aromatic rings. The first kappa shape index (κ1) is 14.3. The smallest absolute Gasteiger partial charge is 0.119 e. The minimum absolute atomic E-state index is 0.147. The molecule has 2 aromatic carbocycles. The zero-order chi connectivity index (χ0) is 14.5. The topological polar surface area (TPSA) is 12.5 Å². The van der Waals surface area contributed by atoms with Gasteiger partial charge in [-0.15, -0.1) is 0 Å². The Balaban J connectivity index is 1.81. The Morgan fingerprint density at radius 3 is 1.86 bits per heavy atom. The molecule has 1 unspecified atom stereocenters. The second-order valence-electron chi connectivity index (χ2n) is 5.95. The molecular weight excluding hydrogens is 258 g/mol. The van der Waals surface area contributed by atoms with Crippen molar-refractivity contribution in [2.45, 2.75) is 38.6 Å². The van der Waals surface area contributed by atoms with Crippen molar-refractivity contribution < 1.29 is 4.74 Å². The molecule has 3 rings (SSSR count). The Hall–Kier alpha value is -1.64. The van der Waals surface area contributed by atoms with Crippen molar-refractivity contribution >= 4 is 0 Å². The predicted octanol–water partition coefficient (Wildman–Crippen LogP) is 4.22. The summed E-state index contributed by atoms with van der Waals surface area (Å²) in [6, 6.07) is 21.3. The molecule has 2 heteroatoms. The molecule has 0 aromatic heterocycles. The standard InChI is InChI=1S/C19H23NO/c1-19(13-8-14-21-19)20(15-17-9-4-2-5-10-17)16-18-11-6-3-7-12-18/h2-7,9-12H,8,13-16H2,1H3. The number of benzene rings is 2. The van der Waals surface area contributed by atoms with Gasteiger partial charge in [-0.3, -0.25) is 4.90 Å². The van der Waals surface area contributed by atoms with Gasteiger partial charge in [0.25, 0.3) is 0 Å². The van der Waals surface area contributed by atoms with Crippen molar-refractivity contribution in [2.75, 3.05) is 6.61 Å². The van der Waals surface area contributed by atoms with Gasteiger partial charge in [0.2, 0.25) is 0 Å². The van der Waals surface area contributed by atoms with Crippen LogP contribution in [0.5, 0.6) is 0 Å². The van der Waals surface area contributed by atoms with Gasteiger partial charge in [-0.25, -0.2) is 0 Å². The highest BCUT2D eigenvalue weighted by Gasteiger charge is 2.36. The molecule has 1 aliphatic heterocycles. The van der Waals surface area contributed by atoms with Gasteiger partial charge in [0.05, 0.1) is 0 Å². The molecule has 1 heterocycles. The third-order valence-electron chi connectivity index (χ3n) is 4.30. The zero-order valence-corrected chi connectivity index (χ0v) is 12.7. The van der Waals surface area contributed by atoms with Crippen LogP contribution in [0.2, 0.25) is 0 Å². The minimum atomic E-state index is -0.147. The van der Waals surface area contributed by atoms with Crippen LogP contribution >= 0.6 is 0 Å². The molecule has 0 spiro atoms. The lowest BCUT2D eigenvalue weighted by atomic mass is 10.1. The monoisotopic (exact) mass is 281 g/mol. The van der Waals surface area contributed by atoms with Crippen LogP contribution in [0.15, 0.2) is 60.7 Å². The molecule has 21 heavy (non-hydrogen) atoms. The number of rotatable bonds is 5. The van der Waals surface area contributed by atoms with E-state index >= 15 is 0 Å². The van der Waals surface area contributed by atoms with Crippen LogP contribution in [0.4, 0.5) is 0 Å². The van der Waals surface area contributed by atoms with E-state index in [-0.39, 0.29) is 5.72 Å². The molecule has 0 bridgehead atoms. The van der Waals surface area contributed by atoms with E-state index in [1.54, 1.807) is 0 Å². The van der Waals surface area contributed by atoms with E-state index in [1.807, 2.05) is 0 Å². The highest BCUT2D eigenvalue weighted by atomic mass is 16.5. The van der Waals surface area contributed by atoms with Crippen LogP contribution < -0.4 is 0 Å². The normalized spacial score (nSPS) is 21.8. The van der Waals surface area contributed by atoms with E-state index in [9.17, 15) is 0 Å². The molecule has 0 N–H and O–H groups in total. The quantitative estimate of drug-likeness (QED) is 0.814. The number of ether oxygens (including phenoxy) is 1. The summed E-state index contributed by atoms with van der Waals surface area (Å²) in [5, 5.41) is 0. The van der Waals surface area contributed by atoms with Gasteiger partial charge < -0.3 is 4.74 Å². The molecule has 1 saturated heterocycles. The fourth-order valence-corrected chi connectivity index (χ4v) is 3.01. The molecule has 2 nitrogen and oxygen atoms in total. The molecule has 0 aliphatic carbocycles. The van der Waals surface area contributed by atoms with Gasteiger partial charge in [0, 0.05) is 19.7 Å². The fourth-order valence-electron chi connectivity index (χ4n) is 3.01. The van der Waals surface area contributed by atoms with Gasteiger partial charge in [0.1, 0.15) is 5.72 Å². The Morgan fingerprint density at radius 2 is 1.43 bits per heavy atom. The van der Waals surface area contributed by atoms with E-state index in [2.05, 4.69) is 72.5 Å². The molecule has 1 aliphatic rings. The molecule has 0 radical (unpaired) electrons. The first-order valence-corrected chi connectivity index (χ1v) is 7.73. The summed E-state index contributed by atoms with van der Waals surface area (Å²) in [7, 11) is 0. The van der Waals surface area contributed by atoms with Crippen molar-refractivity contribution in [2.24, 2.45) is 0 Å². The maximum atomic E-state index is 6.07. The fraction of sp³-hybridized carbons (Fsp3) is 0.368. The van der Waals surface area contributed by atoms with Crippen molar-refractivity contribution in [1.29, 1.82) is 0 Å². The lowest BCUT2D eigenvalue weighted by molar-refractivity contribution is -0.118. The minimum Gasteiger partial charge on any atom is -0.361 e. The van der Waals surface area contributed by atoms with Gasteiger partial charge in [-0.05, 0) is 30.9 Å². The highest BCUT2D eigenvalue weighted by Crippen LogP contribution is 2.31. The summed E-state index contributed by atoms with van der Waals surface area (Å²) < 4.78 is 6.07. The summed E-state index contributed by atoms with van der Waals surface area (Å²) >= 11 is 0. The summed E-state index contributed by atoms with van der Waals surface area (Å²) in [6.45, 7) is 4.95. The Bertz CT molecular complexity index is 505. The average molecular weight is 281 g/mol. The molecule has 0 amide bonds. The average Bonchev–Trinajstić information content (AvgIpc) is 2.97. The summed E-state index contributed by atoms with van der Waals surface area (Å²) in [6.07, 6.45) is 2.25. The number of nitrogens with zero attached hydrogens (tertiary/aromatic N) is 1. The van der Waals surface area contributed by atoms with Crippen molar-refractivity contribution in [3.05, 3.63) is 71.8 Å². The SMILES string of the molecule is CC1(N(Cc2ccccc2)Cc2ccccc2)CCCO1. The van der Waals surface area contributed by atoms with Crippen LogP contribution in [-0.2, 0) is 17.8 Å². The lowest BCUT2D eigenvalue weighted by Gasteiger charge is -2.37. The van der Waals surface area contributed by atoms with E-state index in [0.717, 1.165) is 32.5 Å². The maximum absolute atomic E-state index is 6.07. The van der Waals surface area contributed by atoms with Crippen LogP contribution in [-0.4, -0.2) is 17.2 Å². The van der Waals surface area contributed by atoms with Crippen LogP contribution in [0, 0.1) is 0 Å². The largest absolute Gasteiger partial charge is 0.361 e. The van der Waals surface area contributed by atoms with E-state index in [0.29, 0.717) is 0 Å².